The van der Waals surface area contributed by atoms with Gasteiger partial charge in [0.15, 0.2) is 0 Å². The number of halogens is 1. The molecule has 3 aromatic heterocycles. The highest BCUT2D eigenvalue weighted by Crippen LogP contribution is 2.34. The Labute approximate surface area is 181 Å². The van der Waals surface area contributed by atoms with Gasteiger partial charge in [0, 0.05) is 41.0 Å². The monoisotopic (exact) mass is 442 g/mol. The molecular formula is C21H19ClN4OS2. The van der Waals surface area contributed by atoms with Crippen LogP contribution >= 0.6 is 34.3 Å². The largest absolute Gasteiger partial charge is 0.337 e. The maximum atomic E-state index is 13.3. The van der Waals surface area contributed by atoms with E-state index in [4.69, 9.17) is 11.6 Å². The predicted molar refractivity (Wildman–Crippen MR) is 119 cm³/mol. The van der Waals surface area contributed by atoms with Crippen molar-refractivity contribution in [3.63, 3.8) is 0 Å². The Bertz CT molecular complexity index is 1180. The van der Waals surface area contributed by atoms with Crippen LogP contribution in [0.1, 0.15) is 39.1 Å². The number of nitrogens with zero attached hydrogens (tertiary/aromatic N) is 4. The van der Waals surface area contributed by atoms with Gasteiger partial charge in [0.25, 0.3) is 5.91 Å². The lowest BCUT2D eigenvalue weighted by Gasteiger charge is -2.31. The Morgan fingerprint density at radius 1 is 1.31 bits per heavy atom. The van der Waals surface area contributed by atoms with E-state index in [1.54, 1.807) is 11.3 Å². The molecule has 5 nitrogen and oxygen atoms in total. The highest BCUT2D eigenvalue weighted by atomic mass is 35.5. The molecule has 1 aliphatic rings. The molecule has 1 atom stereocenters. The molecule has 1 unspecified atom stereocenters. The lowest BCUT2D eigenvalue weighted by atomic mass is 9.98. The van der Waals surface area contributed by atoms with Gasteiger partial charge in [0.2, 0.25) is 0 Å². The van der Waals surface area contributed by atoms with Crippen LogP contribution in [0.25, 0.3) is 15.9 Å². The second kappa shape index (κ2) is 7.55. The first-order valence-corrected chi connectivity index (χ1v) is 11.6. The third kappa shape index (κ3) is 3.47. The third-order valence-electron chi connectivity index (χ3n) is 5.32. The number of piperidine rings is 1. The number of carbonyl (C=O) groups excluding carboxylic acids is 1. The lowest BCUT2D eigenvalue weighted by Crippen LogP contribution is -2.38. The molecule has 0 spiro atoms. The van der Waals surface area contributed by atoms with Gasteiger partial charge in [0.1, 0.15) is 4.83 Å². The van der Waals surface area contributed by atoms with E-state index >= 15 is 0 Å². The number of rotatable bonds is 3. The fourth-order valence-electron chi connectivity index (χ4n) is 3.89. The summed E-state index contributed by atoms with van der Waals surface area (Å²) in [6.45, 7) is 3.51. The van der Waals surface area contributed by atoms with Crippen molar-refractivity contribution in [2.75, 3.05) is 13.1 Å². The van der Waals surface area contributed by atoms with E-state index < -0.39 is 0 Å². The van der Waals surface area contributed by atoms with Crippen molar-refractivity contribution < 1.29 is 4.79 Å². The van der Waals surface area contributed by atoms with Gasteiger partial charge >= 0.3 is 0 Å². The summed E-state index contributed by atoms with van der Waals surface area (Å²) in [6.07, 6.45) is 3.94. The zero-order valence-electron chi connectivity index (χ0n) is 15.8. The molecule has 5 rings (SSSR count). The van der Waals surface area contributed by atoms with E-state index in [0.29, 0.717) is 10.9 Å². The number of carbonyl (C=O) groups is 1. The second-order valence-corrected chi connectivity index (χ2v) is 9.66. The number of likely N-dealkylation sites (tertiary alicyclic amines) is 1. The molecule has 4 aromatic rings. The van der Waals surface area contributed by atoms with Crippen LogP contribution in [0.2, 0.25) is 5.02 Å². The molecule has 1 aliphatic heterocycles. The second-order valence-electron chi connectivity index (χ2n) is 7.27. The first-order chi connectivity index (χ1) is 14.1. The molecular weight excluding hydrogens is 424 g/mol. The van der Waals surface area contributed by atoms with Gasteiger partial charge in [-0.1, -0.05) is 17.7 Å². The van der Waals surface area contributed by atoms with Gasteiger partial charge in [-0.15, -0.1) is 22.7 Å². The number of amides is 1. The van der Waals surface area contributed by atoms with Crippen molar-refractivity contribution in [3.05, 3.63) is 62.5 Å². The highest BCUT2D eigenvalue weighted by molar-refractivity contribution is 7.20. The minimum absolute atomic E-state index is 0.101. The van der Waals surface area contributed by atoms with Gasteiger partial charge in [-0.2, -0.15) is 5.10 Å². The highest BCUT2D eigenvalue weighted by Gasteiger charge is 2.28. The number of aryl methyl sites for hydroxylation is 1. The Balaban J connectivity index is 1.46. The number of benzene rings is 1. The minimum Gasteiger partial charge on any atom is -0.337 e. The summed E-state index contributed by atoms with van der Waals surface area (Å²) >= 11 is 9.34. The summed E-state index contributed by atoms with van der Waals surface area (Å²) in [5.74, 6) is 0.440. The van der Waals surface area contributed by atoms with Crippen molar-refractivity contribution >= 4 is 50.4 Å². The zero-order chi connectivity index (χ0) is 20.0. The van der Waals surface area contributed by atoms with Crippen LogP contribution in [0.4, 0.5) is 0 Å². The number of thiophene rings is 1. The van der Waals surface area contributed by atoms with Crippen LogP contribution in [0.5, 0.6) is 0 Å². The molecule has 0 N–H and O–H groups in total. The van der Waals surface area contributed by atoms with Gasteiger partial charge in [-0.25, -0.2) is 9.67 Å². The summed E-state index contributed by atoms with van der Waals surface area (Å²) < 4.78 is 1.88. The molecule has 0 saturated carbocycles. The standard InChI is InChI=1S/C21H19ClN4OS2/c1-13-17-11-18(29-21(17)26(24-13)16-6-2-5-15(22)10-16)20(27)25-8-3-4-14(12-25)19-23-7-9-28-19/h2,5-7,9-11,14H,3-4,8,12H2,1H3. The maximum Gasteiger partial charge on any atom is 0.264 e. The summed E-state index contributed by atoms with van der Waals surface area (Å²) in [5.41, 5.74) is 1.81. The molecule has 4 heterocycles. The Kier molecular flexibility index (Phi) is 4.89. The van der Waals surface area contributed by atoms with Crippen LogP contribution in [0, 0.1) is 6.92 Å². The average molecular weight is 443 g/mol. The number of thiazole rings is 1. The van der Waals surface area contributed by atoms with Crippen molar-refractivity contribution in [1.82, 2.24) is 19.7 Å². The van der Waals surface area contributed by atoms with E-state index in [1.807, 2.05) is 58.4 Å². The topological polar surface area (TPSA) is 51.0 Å². The van der Waals surface area contributed by atoms with Crippen LogP contribution in [0.3, 0.4) is 0 Å². The van der Waals surface area contributed by atoms with Gasteiger partial charge in [0.05, 0.1) is 21.3 Å². The number of aromatic nitrogens is 3. The third-order valence-corrected chi connectivity index (χ3v) is 7.59. The minimum atomic E-state index is 0.101. The van der Waals surface area contributed by atoms with Crippen molar-refractivity contribution in [2.24, 2.45) is 0 Å². The molecule has 1 fully saturated rings. The van der Waals surface area contributed by atoms with Crippen molar-refractivity contribution in [3.8, 4) is 5.69 Å². The fraction of sp³-hybridized carbons (Fsp3) is 0.286. The predicted octanol–water partition coefficient (Wildman–Crippen LogP) is 5.53. The molecule has 29 heavy (non-hydrogen) atoms. The first-order valence-electron chi connectivity index (χ1n) is 9.54. The number of hydrogen-bond acceptors (Lipinski definition) is 5. The normalized spacial score (nSPS) is 17.2. The number of fused-ring (bicyclic) bond motifs is 1. The molecule has 0 aliphatic carbocycles. The van der Waals surface area contributed by atoms with E-state index in [0.717, 1.165) is 57.4 Å². The SMILES string of the molecule is Cc1nn(-c2cccc(Cl)c2)c2sc(C(=O)N3CCCC(c4nccs4)C3)cc12. The van der Waals surface area contributed by atoms with Gasteiger partial charge < -0.3 is 4.90 Å². The van der Waals surface area contributed by atoms with Crippen LogP contribution in [0.15, 0.2) is 41.9 Å². The number of hydrogen-bond donors (Lipinski definition) is 0. The molecule has 8 heteroatoms. The van der Waals surface area contributed by atoms with E-state index in [2.05, 4.69) is 10.1 Å². The summed E-state index contributed by atoms with van der Waals surface area (Å²) in [6, 6.07) is 9.60. The van der Waals surface area contributed by atoms with Crippen LogP contribution in [-0.2, 0) is 0 Å². The smallest absolute Gasteiger partial charge is 0.264 e. The Morgan fingerprint density at radius 2 is 2.21 bits per heavy atom. The van der Waals surface area contributed by atoms with Gasteiger partial charge in [-0.3, -0.25) is 4.79 Å². The van der Waals surface area contributed by atoms with Gasteiger partial charge in [-0.05, 0) is 44.0 Å². The molecule has 1 saturated heterocycles. The lowest BCUT2D eigenvalue weighted by molar-refractivity contribution is 0.0712. The summed E-state index contributed by atoms with van der Waals surface area (Å²) in [5, 5.41) is 9.48. The van der Waals surface area contributed by atoms with Crippen molar-refractivity contribution in [2.45, 2.75) is 25.7 Å². The van der Waals surface area contributed by atoms with Crippen molar-refractivity contribution in [1.29, 1.82) is 0 Å². The summed E-state index contributed by atoms with van der Waals surface area (Å²) in [7, 11) is 0. The van der Waals surface area contributed by atoms with E-state index in [9.17, 15) is 4.79 Å². The maximum absolute atomic E-state index is 13.3. The first kappa shape index (κ1) is 18.8. The average Bonchev–Trinajstić information content (AvgIpc) is 3.46. The van der Waals surface area contributed by atoms with E-state index in [1.165, 1.54) is 11.3 Å². The quantitative estimate of drug-likeness (QED) is 0.419. The fourth-order valence-corrected chi connectivity index (χ4v) is 5.99. The molecule has 1 aromatic carbocycles. The summed E-state index contributed by atoms with van der Waals surface area (Å²) in [4.78, 5) is 21.4. The molecule has 0 bridgehead atoms. The molecule has 1 amide bonds. The molecule has 0 radical (unpaired) electrons. The van der Waals surface area contributed by atoms with Crippen LogP contribution in [-0.4, -0.2) is 38.7 Å². The van der Waals surface area contributed by atoms with E-state index in [-0.39, 0.29) is 5.91 Å². The Hall–Kier alpha value is -2.22. The molecule has 148 valence electrons. The Morgan fingerprint density at radius 3 is 3.00 bits per heavy atom. The van der Waals surface area contributed by atoms with Crippen LogP contribution < -0.4 is 0 Å². The zero-order valence-corrected chi connectivity index (χ0v) is 18.2.